The summed E-state index contributed by atoms with van der Waals surface area (Å²) in [5.74, 6) is -0.474. The summed E-state index contributed by atoms with van der Waals surface area (Å²) < 4.78 is 0. The quantitative estimate of drug-likeness (QED) is 0.372. The zero-order chi connectivity index (χ0) is 22.2. The van der Waals surface area contributed by atoms with Gasteiger partial charge in [-0.15, -0.1) is 0 Å². The molecule has 0 unspecified atom stereocenters. The van der Waals surface area contributed by atoms with Crippen molar-refractivity contribution < 1.29 is 9.90 Å². The van der Waals surface area contributed by atoms with Crippen LogP contribution in [0.5, 0.6) is 5.75 Å². The van der Waals surface area contributed by atoms with Crippen LogP contribution in [0.2, 0.25) is 5.02 Å². The third-order valence-electron chi connectivity index (χ3n) is 5.13. The number of likely N-dealkylation sites (N-methyl/N-ethyl adjacent to an activating group) is 1. The Balaban J connectivity index is 1.77. The smallest absolute Gasteiger partial charge is 0.271 e. The molecule has 31 heavy (non-hydrogen) atoms. The van der Waals surface area contributed by atoms with Crippen LogP contribution in [0.25, 0.3) is 16.8 Å². The van der Waals surface area contributed by atoms with Crippen molar-refractivity contribution in [3.05, 3.63) is 82.4 Å². The van der Waals surface area contributed by atoms with Gasteiger partial charge in [-0.3, -0.25) is 4.79 Å². The van der Waals surface area contributed by atoms with Gasteiger partial charge in [-0.05, 0) is 47.6 Å². The summed E-state index contributed by atoms with van der Waals surface area (Å²) in [5, 5.41) is 15.9. The van der Waals surface area contributed by atoms with E-state index in [2.05, 4.69) is 53.6 Å². The number of carbonyl (C=O) groups is 1. The van der Waals surface area contributed by atoms with Crippen molar-refractivity contribution in [1.29, 1.82) is 0 Å². The molecule has 0 aliphatic carbocycles. The molecule has 6 heteroatoms. The highest BCUT2D eigenvalue weighted by atomic mass is 35.5. The predicted molar refractivity (Wildman–Crippen MR) is 129 cm³/mol. The van der Waals surface area contributed by atoms with Gasteiger partial charge < -0.3 is 10.0 Å². The van der Waals surface area contributed by atoms with Gasteiger partial charge in [0.2, 0.25) is 0 Å². The van der Waals surface area contributed by atoms with Crippen molar-refractivity contribution in [3.8, 4) is 5.75 Å². The summed E-state index contributed by atoms with van der Waals surface area (Å²) in [6, 6.07) is 16.4. The zero-order valence-corrected chi connectivity index (χ0v) is 18.4. The number of rotatable bonds is 8. The van der Waals surface area contributed by atoms with Crippen molar-refractivity contribution in [2.24, 2.45) is 5.10 Å². The van der Waals surface area contributed by atoms with E-state index in [1.165, 1.54) is 18.2 Å². The minimum absolute atomic E-state index is 0.0700. The van der Waals surface area contributed by atoms with Crippen molar-refractivity contribution in [2.45, 2.75) is 13.8 Å². The lowest BCUT2D eigenvalue weighted by Crippen LogP contribution is -2.22. The Bertz CT molecular complexity index is 1120. The van der Waals surface area contributed by atoms with E-state index in [-0.39, 0.29) is 10.8 Å². The highest BCUT2D eigenvalue weighted by molar-refractivity contribution is 6.32. The number of phenols is 1. The van der Waals surface area contributed by atoms with Crippen LogP contribution in [-0.2, 0) is 0 Å². The molecule has 3 aromatic rings. The Morgan fingerprint density at radius 1 is 1.06 bits per heavy atom. The molecular weight excluding hydrogens is 410 g/mol. The minimum Gasteiger partial charge on any atom is -0.506 e. The number of hydrogen-bond acceptors (Lipinski definition) is 4. The molecule has 2 N–H and O–H groups in total. The van der Waals surface area contributed by atoms with Crippen LogP contribution in [0.1, 0.15) is 35.3 Å². The SMILES string of the molecule is CCN(CC)CC=Cc1ccc(C=NNC(=O)c2ccc(O)c(Cl)c2)c2ccccc12. The maximum Gasteiger partial charge on any atom is 0.271 e. The van der Waals surface area contributed by atoms with Crippen LogP contribution in [0.3, 0.4) is 0 Å². The third kappa shape index (κ3) is 5.72. The predicted octanol–water partition coefficient (Wildman–Crippen LogP) is 5.32. The van der Waals surface area contributed by atoms with E-state index in [9.17, 15) is 9.90 Å². The van der Waals surface area contributed by atoms with E-state index in [1.807, 2.05) is 24.3 Å². The second-order valence-corrected chi connectivity index (χ2v) is 7.45. The minimum atomic E-state index is -0.404. The number of nitrogens with one attached hydrogen (secondary N) is 1. The molecule has 0 radical (unpaired) electrons. The van der Waals surface area contributed by atoms with Crippen LogP contribution >= 0.6 is 11.6 Å². The number of fused-ring (bicyclic) bond motifs is 1. The van der Waals surface area contributed by atoms with Crippen LogP contribution in [0.4, 0.5) is 0 Å². The first-order chi connectivity index (χ1) is 15.0. The molecule has 0 atom stereocenters. The summed E-state index contributed by atoms with van der Waals surface area (Å²) in [4.78, 5) is 14.6. The second kappa shape index (κ2) is 10.8. The van der Waals surface area contributed by atoms with Gasteiger partial charge in [0.15, 0.2) is 0 Å². The molecule has 0 saturated heterocycles. The fraction of sp³-hybridized carbons (Fsp3) is 0.200. The number of halogens is 1. The topological polar surface area (TPSA) is 64.9 Å². The van der Waals surface area contributed by atoms with Gasteiger partial charge in [0.25, 0.3) is 5.91 Å². The van der Waals surface area contributed by atoms with Gasteiger partial charge in [-0.25, -0.2) is 5.43 Å². The molecule has 0 aromatic heterocycles. The lowest BCUT2D eigenvalue weighted by atomic mass is 9.99. The first kappa shape index (κ1) is 22.5. The van der Waals surface area contributed by atoms with Crippen LogP contribution in [0, 0.1) is 0 Å². The van der Waals surface area contributed by atoms with Crippen molar-refractivity contribution in [2.75, 3.05) is 19.6 Å². The molecule has 0 saturated carbocycles. The Labute approximate surface area is 187 Å². The maximum atomic E-state index is 12.3. The Hall–Kier alpha value is -3.15. The average molecular weight is 436 g/mol. The number of carbonyl (C=O) groups excluding carboxylic acids is 1. The molecular formula is C25H26ClN3O2. The summed E-state index contributed by atoms with van der Waals surface area (Å²) >= 11 is 5.86. The van der Waals surface area contributed by atoms with E-state index in [4.69, 9.17) is 11.6 Å². The molecule has 3 aromatic carbocycles. The summed E-state index contributed by atoms with van der Waals surface area (Å²) in [6.45, 7) is 7.29. The van der Waals surface area contributed by atoms with Gasteiger partial charge in [-0.1, -0.05) is 74.0 Å². The van der Waals surface area contributed by atoms with Gasteiger partial charge in [-0.2, -0.15) is 5.10 Å². The molecule has 0 bridgehead atoms. The highest BCUT2D eigenvalue weighted by Crippen LogP contribution is 2.24. The summed E-state index contributed by atoms with van der Waals surface area (Å²) in [6.07, 6.45) is 5.97. The number of aromatic hydroxyl groups is 1. The Morgan fingerprint density at radius 2 is 1.74 bits per heavy atom. The summed E-state index contributed by atoms with van der Waals surface area (Å²) in [5.41, 5.74) is 4.87. The average Bonchev–Trinajstić information content (AvgIpc) is 2.79. The fourth-order valence-corrected chi connectivity index (χ4v) is 3.47. The van der Waals surface area contributed by atoms with E-state index in [0.717, 1.165) is 41.5 Å². The van der Waals surface area contributed by atoms with Crippen LogP contribution in [0.15, 0.2) is 65.8 Å². The molecule has 5 nitrogen and oxygen atoms in total. The number of phenolic OH excluding ortho intramolecular Hbond substituents is 1. The lowest BCUT2D eigenvalue weighted by Gasteiger charge is -2.15. The first-order valence-corrected chi connectivity index (χ1v) is 10.6. The summed E-state index contributed by atoms with van der Waals surface area (Å²) in [7, 11) is 0. The molecule has 1 amide bonds. The number of hydrogen-bond donors (Lipinski definition) is 2. The third-order valence-corrected chi connectivity index (χ3v) is 5.43. The molecule has 0 aliphatic heterocycles. The van der Waals surface area contributed by atoms with Crippen molar-refractivity contribution >= 4 is 40.6 Å². The van der Waals surface area contributed by atoms with E-state index >= 15 is 0 Å². The fourth-order valence-electron chi connectivity index (χ4n) is 3.29. The molecule has 0 heterocycles. The Morgan fingerprint density at radius 3 is 2.42 bits per heavy atom. The van der Waals surface area contributed by atoms with Gasteiger partial charge in [0.1, 0.15) is 5.75 Å². The number of hydrazone groups is 1. The van der Waals surface area contributed by atoms with Crippen LogP contribution < -0.4 is 5.43 Å². The highest BCUT2D eigenvalue weighted by Gasteiger charge is 2.08. The number of amides is 1. The lowest BCUT2D eigenvalue weighted by molar-refractivity contribution is 0.0955. The van der Waals surface area contributed by atoms with E-state index in [1.54, 1.807) is 6.21 Å². The molecule has 0 spiro atoms. The number of nitrogens with zero attached hydrogens (tertiary/aromatic N) is 2. The van der Waals surface area contributed by atoms with Crippen molar-refractivity contribution in [1.82, 2.24) is 10.3 Å². The normalized spacial score (nSPS) is 11.7. The zero-order valence-electron chi connectivity index (χ0n) is 17.7. The van der Waals surface area contributed by atoms with E-state index in [0.29, 0.717) is 5.56 Å². The number of benzene rings is 3. The van der Waals surface area contributed by atoms with Gasteiger partial charge >= 0.3 is 0 Å². The first-order valence-electron chi connectivity index (χ1n) is 10.3. The van der Waals surface area contributed by atoms with Crippen molar-refractivity contribution in [3.63, 3.8) is 0 Å². The molecule has 3 rings (SSSR count). The molecule has 160 valence electrons. The van der Waals surface area contributed by atoms with Gasteiger partial charge in [0.05, 0.1) is 11.2 Å². The second-order valence-electron chi connectivity index (χ2n) is 7.04. The largest absolute Gasteiger partial charge is 0.506 e. The van der Waals surface area contributed by atoms with Gasteiger partial charge in [0, 0.05) is 17.7 Å². The van der Waals surface area contributed by atoms with Crippen LogP contribution in [-0.4, -0.2) is 41.8 Å². The molecule has 0 fully saturated rings. The van der Waals surface area contributed by atoms with E-state index < -0.39 is 5.91 Å². The standard InChI is InChI=1S/C25H26ClN3O2/c1-3-29(4-2)15-7-8-18-11-12-20(22-10-6-5-9-21(18)22)17-27-28-25(31)19-13-14-24(30)23(26)16-19/h5-14,16-17,30H,3-4,15H2,1-2H3,(H,28,31). The monoisotopic (exact) mass is 435 g/mol. The maximum absolute atomic E-state index is 12.3. The molecule has 0 aliphatic rings. The Kier molecular flexibility index (Phi) is 7.82.